The molecule has 1 unspecified atom stereocenters. The smallest absolute Gasteiger partial charge is 0.306 e. The van der Waals surface area contributed by atoms with Crippen LogP contribution in [0.15, 0.2) is 60.8 Å². The van der Waals surface area contributed by atoms with E-state index in [-0.39, 0.29) is 31.1 Å². The van der Waals surface area contributed by atoms with E-state index in [0.29, 0.717) is 19.3 Å². The van der Waals surface area contributed by atoms with E-state index in [0.717, 1.165) is 89.9 Å². The largest absolute Gasteiger partial charge is 0.462 e. The predicted molar refractivity (Wildman–Crippen MR) is 316 cm³/mol. The lowest BCUT2D eigenvalue weighted by Gasteiger charge is -2.18. The van der Waals surface area contributed by atoms with Gasteiger partial charge in [-0.25, -0.2) is 0 Å². The van der Waals surface area contributed by atoms with Gasteiger partial charge in [0.25, 0.3) is 0 Å². The first-order valence-corrected chi connectivity index (χ1v) is 31.8. The lowest BCUT2D eigenvalue weighted by molar-refractivity contribution is -0.167. The van der Waals surface area contributed by atoms with Crippen molar-refractivity contribution in [3.8, 4) is 0 Å². The standard InChI is InChI=1S/C67H120O6/c1-4-7-10-13-16-19-22-25-27-29-30-31-32-33-34-35-36-38-39-42-45-48-51-54-57-60-66(69)72-63-64(62-71-65(68)59-56-53-50-47-44-41-24-21-18-15-12-9-6-3)73-67(70)61-58-55-52-49-46-43-40-37-28-26-23-20-17-14-11-8-5-2/h9,12,18,21-22,25,29-30,41,44,64H,4-8,10-11,13-17,19-20,23-24,26-28,31-40,42-43,45-63H2,1-3H3/b12-9-,21-18-,25-22-,30-29-,44-41-. The molecule has 0 rings (SSSR count). The van der Waals surface area contributed by atoms with Gasteiger partial charge in [0.05, 0.1) is 0 Å². The third-order valence-corrected chi connectivity index (χ3v) is 14.0. The molecule has 0 aromatic rings. The minimum atomic E-state index is -0.785. The molecule has 1 atom stereocenters. The van der Waals surface area contributed by atoms with Crippen molar-refractivity contribution in [3.63, 3.8) is 0 Å². The van der Waals surface area contributed by atoms with Crippen LogP contribution in [0.4, 0.5) is 0 Å². The summed E-state index contributed by atoms with van der Waals surface area (Å²) in [6.45, 7) is 6.54. The second-order valence-electron chi connectivity index (χ2n) is 21.3. The fourth-order valence-corrected chi connectivity index (χ4v) is 9.25. The van der Waals surface area contributed by atoms with Gasteiger partial charge in [-0.1, -0.05) is 287 Å². The number of rotatable bonds is 58. The SMILES string of the molecule is CC/C=C\C/C=C\C/C=C\CCCCCC(=O)OCC(COC(=O)CCCCCCCCCCCCCCC/C=C\C/C=C\CCCCCCC)OC(=O)CCCCCCCCCCCCCCCCCCC. The van der Waals surface area contributed by atoms with Gasteiger partial charge in [-0.05, 0) is 83.5 Å². The Morgan fingerprint density at radius 3 is 0.849 bits per heavy atom. The highest BCUT2D eigenvalue weighted by atomic mass is 16.6. The van der Waals surface area contributed by atoms with E-state index in [2.05, 4.69) is 81.5 Å². The number of carbonyl (C=O) groups excluding carboxylic acids is 3. The molecule has 0 aliphatic heterocycles. The number of allylic oxidation sites excluding steroid dienone is 10. The molecule has 0 fully saturated rings. The molecule has 0 N–H and O–H groups in total. The normalized spacial score (nSPS) is 12.4. The predicted octanol–water partition coefficient (Wildman–Crippen LogP) is 21.6. The summed E-state index contributed by atoms with van der Waals surface area (Å²) in [4.78, 5) is 38.2. The van der Waals surface area contributed by atoms with Crippen molar-refractivity contribution >= 4 is 17.9 Å². The summed E-state index contributed by atoms with van der Waals surface area (Å²) in [5, 5.41) is 0. The zero-order valence-electron chi connectivity index (χ0n) is 48.7. The first kappa shape index (κ1) is 70.1. The maximum Gasteiger partial charge on any atom is 0.306 e. The van der Waals surface area contributed by atoms with E-state index in [1.54, 1.807) is 0 Å². The summed E-state index contributed by atoms with van der Waals surface area (Å²) in [5.41, 5.74) is 0. The van der Waals surface area contributed by atoms with Crippen LogP contribution in [-0.4, -0.2) is 37.2 Å². The van der Waals surface area contributed by atoms with E-state index in [9.17, 15) is 14.4 Å². The van der Waals surface area contributed by atoms with Gasteiger partial charge < -0.3 is 14.2 Å². The first-order chi connectivity index (χ1) is 36.0. The fourth-order valence-electron chi connectivity index (χ4n) is 9.25. The zero-order chi connectivity index (χ0) is 52.9. The number of ether oxygens (including phenoxy) is 3. The topological polar surface area (TPSA) is 78.9 Å². The van der Waals surface area contributed by atoms with E-state index in [1.807, 2.05) is 0 Å². The Kier molecular flexibility index (Phi) is 59.2. The molecule has 0 aromatic carbocycles. The lowest BCUT2D eigenvalue weighted by atomic mass is 10.0. The van der Waals surface area contributed by atoms with E-state index in [1.165, 1.54) is 199 Å². The fraction of sp³-hybridized carbons (Fsp3) is 0.806. The van der Waals surface area contributed by atoms with Gasteiger partial charge in [0.15, 0.2) is 6.10 Å². The molecule has 73 heavy (non-hydrogen) atoms. The molecule has 0 radical (unpaired) electrons. The number of unbranched alkanes of at least 4 members (excludes halogenated alkanes) is 37. The van der Waals surface area contributed by atoms with Crippen molar-refractivity contribution in [3.05, 3.63) is 60.8 Å². The summed E-state index contributed by atoms with van der Waals surface area (Å²) in [6, 6.07) is 0. The summed E-state index contributed by atoms with van der Waals surface area (Å²) in [5.74, 6) is -0.894. The Labute approximate surface area is 453 Å². The molecule has 0 aromatic heterocycles. The third-order valence-electron chi connectivity index (χ3n) is 14.0. The quantitative estimate of drug-likeness (QED) is 0.0261. The van der Waals surface area contributed by atoms with Gasteiger partial charge in [-0.2, -0.15) is 0 Å². The maximum atomic E-state index is 12.9. The molecular formula is C67H120O6. The van der Waals surface area contributed by atoms with Crippen molar-refractivity contribution < 1.29 is 28.6 Å². The van der Waals surface area contributed by atoms with Crippen LogP contribution in [0.1, 0.15) is 329 Å². The number of carbonyl (C=O) groups is 3. The van der Waals surface area contributed by atoms with Crippen LogP contribution < -0.4 is 0 Å². The van der Waals surface area contributed by atoms with Gasteiger partial charge in [-0.3, -0.25) is 14.4 Å². The van der Waals surface area contributed by atoms with Crippen molar-refractivity contribution in [1.82, 2.24) is 0 Å². The highest BCUT2D eigenvalue weighted by Crippen LogP contribution is 2.17. The second-order valence-corrected chi connectivity index (χ2v) is 21.3. The van der Waals surface area contributed by atoms with Gasteiger partial charge in [0, 0.05) is 19.3 Å². The minimum Gasteiger partial charge on any atom is -0.462 e. The van der Waals surface area contributed by atoms with Crippen molar-refractivity contribution in [2.24, 2.45) is 0 Å². The van der Waals surface area contributed by atoms with E-state index < -0.39 is 6.10 Å². The molecule has 0 saturated carbocycles. The van der Waals surface area contributed by atoms with E-state index in [4.69, 9.17) is 14.2 Å². The average molecular weight is 1020 g/mol. The molecule has 0 saturated heterocycles. The monoisotopic (exact) mass is 1020 g/mol. The maximum absolute atomic E-state index is 12.9. The number of hydrogen-bond donors (Lipinski definition) is 0. The Balaban J connectivity index is 4.27. The van der Waals surface area contributed by atoms with Crippen LogP contribution in [0.25, 0.3) is 0 Å². The molecule has 0 bridgehead atoms. The van der Waals surface area contributed by atoms with Crippen LogP contribution in [0, 0.1) is 0 Å². The van der Waals surface area contributed by atoms with Crippen molar-refractivity contribution in [1.29, 1.82) is 0 Å². The Morgan fingerprint density at radius 2 is 0.534 bits per heavy atom. The third kappa shape index (κ3) is 59.9. The Morgan fingerprint density at radius 1 is 0.288 bits per heavy atom. The summed E-state index contributed by atoms with van der Waals surface area (Å²) in [7, 11) is 0. The highest BCUT2D eigenvalue weighted by Gasteiger charge is 2.19. The van der Waals surface area contributed by atoms with Crippen LogP contribution in [0.5, 0.6) is 0 Å². The van der Waals surface area contributed by atoms with Crippen LogP contribution >= 0.6 is 0 Å². The minimum absolute atomic E-state index is 0.0807. The molecule has 0 aliphatic carbocycles. The highest BCUT2D eigenvalue weighted by molar-refractivity contribution is 5.71. The molecule has 0 aliphatic rings. The van der Waals surface area contributed by atoms with Crippen LogP contribution in [0.3, 0.4) is 0 Å². The average Bonchev–Trinajstić information content (AvgIpc) is 3.39. The van der Waals surface area contributed by atoms with Crippen molar-refractivity contribution in [2.75, 3.05) is 13.2 Å². The van der Waals surface area contributed by atoms with Gasteiger partial charge >= 0.3 is 17.9 Å². The molecule has 6 nitrogen and oxygen atoms in total. The van der Waals surface area contributed by atoms with Gasteiger partial charge in [0.1, 0.15) is 13.2 Å². The number of hydrogen-bond acceptors (Lipinski definition) is 6. The molecular weight excluding hydrogens is 901 g/mol. The molecule has 0 spiro atoms. The van der Waals surface area contributed by atoms with Crippen LogP contribution in [0.2, 0.25) is 0 Å². The molecule has 0 amide bonds. The van der Waals surface area contributed by atoms with Gasteiger partial charge in [-0.15, -0.1) is 0 Å². The lowest BCUT2D eigenvalue weighted by Crippen LogP contribution is -2.30. The summed E-state index contributed by atoms with van der Waals surface area (Å²) in [6.07, 6.45) is 78.0. The Hall–Kier alpha value is -2.89. The van der Waals surface area contributed by atoms with Crippen LogP contribution in [-0.2, 0) is 28.6 Å². The van der Waals surface area contributed by atoms with Crippen molar-refractivity contribution in [2.45, 2.75) is 335 Å². The summed E-state index contributed by atoms with van der Waals surface area (Å²) >= 11 is 0. The first-order valence-electron chi connectivity index (χ1n) is 31.8. The molecule has 0 heterocycles. The zero-order valence-corrected chi connectivity index (χ0v) is 48.7. The Bertz CT molecular complexity index is 1310. The van der Waals surface area contributed by atoms with E-state index >= 15 is 0 Å². The molecule has 424 valence electrons. The molecule has 6 heteroatoms. The second kappa shape index (κ2) is 61.7. The summed E-state index contributed by atoms with van der Waals surface area (Å²) < 4.78 is 16.9. The van der Waals surface area contributed by atoms with Gasteiger partial charge in [0.2, 0.25) is 0 Å². The number of esters is 3.